The summed E-state index contributed by atoms with van der Waals surface area (Å²) in [5, 5.41) is 12.0. The van der Waals surface area contributed by atoms with Gasteiger partial charge in [0.05, 0.1) is 30.1 Å². The van der Waals surface area contributed by atoms with E-state index < -0.39 is 5.60 Å². The fraction of sp³-hybridized carbons (Fsp3) is 0.348. The van der Waals surface area contributed by atoms with Crippen LogP contribution in [0, 0.1) is 0 Å². The molecule has 0 unspecified atom stereocenters. The molecule has 29 heavy (non-hydrogen) atoms. The number of ketones is 1. The zero-order chi connectivity index (χ0) is 19.9. The van der Waals surface area contributed by atoms with Gasteiger partial charge in [-0.2, -0.15) is 0 Å². The third kappa shape index (κ3) is 2.12. The van der Waals surface area contributed by atoms with Gasteiger partial charge in [0, 0.05) is 34.9 Å². The van der Waals surface area contributed by atoms with Gasteiger partial charge in [-0.15, -0.1) is 0 Å². The van der Waals surface area contributed by atoms with Crippen molar-refractivity contribution in [2.75, 3.05) is 6.61 Å². The minimum absolute atomic E-state index is 0.121. The molecule has 0 saturated heterocycles. The van der Waals surface area contributed by atoms with Gasteiger partial charge in [-0.05, 0) is 42.7 Å². The quantitative estimate of drug-likeness (QED) is 0.542. The molecule has 1 aromatic carbocycles. The average Bonchev–Trinajstić information content (AvgIpc) is 3.32. The molecule has 2 aliphatic heterocycles. The lowest BCUT2D eigenvalue weighted by molar-refractivity contribution is -0.140. The molecule has 0 bridgehead atoms. The van der Waals surface area contributed by atoms with Crippen molar-refractivity contribution >= 4 is 16.7 Å². The van der Waals surface area contributed by atoms with E-state index in [9.17, 15) is 14.7 Å². The van der Waals surface area contributed by atoms with Gasteiger partial charge in [-0.25, -0.2) is 4.98 Å². The van der Waals surface area contributed by atoms with Crippen molar-refractivity contribution in [2.45, 2.75) is 44.8 Å². The van der Waals surface area contributed by atoms with Crippen molar-refractivity contribution in [3.63, 3.8) is 0 Å². The van der Waals surface area contributed by atoms with Crippen LogP contribution in [0.5, 0.6) is 5.75 Å². The number of hydrogen-bond donors (Lipinski definition) is 1. The van der Waals surface area contributed by atoms with Crippen LogP contribution in [0.2, 0.25) is 0 Å². The Labute approximate surface area is 166 Å². The van der Waals surface area contributed by atoms with Crippen LogP contribution in [0.25, 0.3) is 22.3 Å². The van der Waals surface area contributed by atoms with Crippen LogP contribution < -0.4 is 10.3 Å². The molecule has 0 saturated carbocycles. The number of carbonyl (C=O) groups is 1. The summed E-state index contributed by atoms with van der Waals surface area (Å²) in [5.74, 6) is 0.700. The molecule has 1 aliphatic carbocycles. The summed E-state index contributed by atoms with van der Waals surface area (Å²) >= 11 is 0. The lowest BCUT2D eigenvalue weighted by Gasteiger charge is -2.32. The van der Waals surface area contributed by atoms with Crippen molar-refractivity contribution in [3.8, 4) is 17.1 Å². The number of benzene rings is 1. The van der Waals surface area contributed by atoms with Crippen LogP contribution in [0.4, 0.5) is 0 Å². The number of rotatable bonds is 1. The van der Waals surface area contributed by atoms with Gasteiger partial charge in [0.25, 0.3) is 5.56 Å². The smallest absolute Gasteiger partial charge is 0.254 e. The fourth-order valence-corrected chi connectivity index (χ4v) is 5.04. The standard InChI is InChI=1S/C23H20N2O4/c1-2-23(28)16-10-18-21-14(11-25(18)22(27)15(16)3-4-20(23)26)7-13-9-19-12(5-6-29-19)8-17(13)24-21/h7-10,28H,2-6,11H2,1H3/t23-/m0/s1. The third-order valence-electron chi connectivity index (χ3n) is 6.70. The second kappa shape index (κ2) is 5.54. The van der Waals surface area contributed by atoms with Crippen molar-refractivity contribution in [1.29, 1.82) is 0 Å². The van der Waals surface area contributed by atoms with Gasteiger partial charge in [-0.1, -0.05) is 6.92 Å². The molecule has 6 nitrogen and oxygen atoms in total. The largest absolute Gasteiger partial charge is 0.493 e. The number of Topliss-reactive ketones (excluding diaryl/α,β-unsaturated/α-hetero) is 1. The highest BCUT2D eigenvalue weighted by molar-refractivity contribution is 5.91. The van der Waals surface area contributed by atoms with Crippen LogP contribution in [-0.4, -0.2) is 27.0 Å². The van der Waals surface area contributed by atoms with E-state index in [4.69, 9.17) is 9.72 Å². The van der Waals surface area contributed by atoms with Crippen molar-refractivity contribution in [3.05, 3.63) is 56.9 Å². The number of carbonyl (C=O) groups excluding carboxylic acids is 1. The lowest BCUT2D eigenvalue weighted by atomic mass is 9.77. The highest BCUT2D eigenvalue weighted by atomic mass is 16.5. The molecule has 1 N–H and O–H groups in total. The summed E-state index contributed by atoms with van der Waals surface area (Å²) in [6, 6.07) is 7.97. The minimum atomic E-state index is -1.58. The molecular formula is C23H20N2O4. The maximum absolute atomic E-state index is 13.2. The molecule has 0 spiro atoms. The van der Waals surface area contributed by atoms with Crippen molar-refractivity contribution in [1.82, 2.24) is 9.55 Å². The van der Waals surface area contributed by atoms with E-state index in [2.05, 4.69) is 12.1 Å². The number of nitrogens with zero attached hydrogens (tertiary/aromatic N) is 2. The Balaban J connectivity index is 1.61. The maximum Gasteiger partial charge on any atom is 0.254 e. The number of hydrogen-bond acceptors (Lipinski definition) is 5. The van der Waals surface area contributed by atoms with Crippen molar-refractivity contribution < 1.29 is 14.6 Å². The molecule has 2 aromatic heterocycles. The molecule has 4 heterocycles. The number of aliphatic hydroxyl groups is 1. The topological polar surface area (TPSA) is 81.4 Å². The molecule has 6 heteroatoms. The monoisotopic (exact) mass is 388 g/mol. The predicted molar refractivity (Wildman–Crippen MR) is 107 cm³/mol. The first kappa shape index (κ1) is 16.9. The van der Waals surface area contributed by atoms with E-state index in [1.165, 1.54) is 0 Å². The molecule has 1 atom stereocenters. The minimum Gasteiger partial charge on any atom is -0.493 e. The fourth-order valence-electron chi connectivity index (χ4n) is 5.04. The molecule has 146 valence electrons. The Hall–Kier alpha value is -2.99. The Bertz CT molecular complexity index is 1310. The summed E-state index contributed by atoms with van der Waals surface area (Å²) in [6.07, 6.45) is 1.71. The van der Waals surface area contributed by atoms with Crippen LogP contribution in [-0.2, 0) is 29.8 Å². The maximum atomic E-state index is 13.2. The van der Waals surface area contributed by atoms with Gasteiger partial charge < -0.3 is 14.4 Å². The van der Waals surface area contributed by atoms with Crippen molar-refractivity contribution in [2.24, 2.45) is 0 Å². The first-order valence-corrected chi connectivity index (χ1v) is 10.1. The van der Waals surface area contributed by atoms with Crippen LogP contribution in [0.1, 0.15) is 42.0 Å². The number of ether oxygens (including phenoxy) is 1. The van der Waals surface area contributed by atoms with E-state index >= 15 is 0 Å². The second-order valence-electron chi connectivity index (χ2n) is 8.20. The van der Waals surface area contributed by atoms with Crippen LogP contribution in [0.3, 0.4) is 0 Å². The molecular weight excluding hydrogens is 368 g/mol. The summed E-state index contributed by atoms with van der Waals surface area (Å²) in [6.45, 7) is 2.93. The number of fused-ring (bicyclic) bond motifs is 6. The summed E-state index contributed by atoms with van der Waals surface area (Å²) in [7, 11) is 0. The third-order valence-corrected chi connectivity index (χ3v) is 6.70. The van der Waals surface area contributed by atoms with Crippen LogP contribution in [0.15, 0.2) is 29.1 Å². The Morgan fingerprint density at radius 1 is 1.14 bits per heavy atom. The Morgan fingerprint density at radius 2 is 2.00 bits per heavy atom. The molecule has 3 aromatic rings. The van der Waals surface area contributed by atoms with Gasteiger partial charge in [0.15, 0.2) is 5.78 Å². The van der Waals surface area contributed by atoms with E-state index in [1.807, 2.05) is 12.1 Å². The van der Waals surface area contributed by atoms with Gasteiger partial charge in [-0.3, -0.25) is 9.59 Å². The van der Waals surface area contributed by atoms with Gasteiger partial charge >= 0.3 is 0 Å². The Morgan fingerprint density at radius 3 is 2.83 bits per heavy atom. The molecule has 0 fully saturated rings. The highest BCUT2D eigenvalue weighted by Gasteiger charge is 2.43. The summed E-state index contributed by atoms with van der Waals surface area (Å²) in [5.41, 5.74) is 3.75. The van der Waals surface area contributed by atoms with Gasteiger partial charge in [0.2, 0.25) is 0 Å². The normalized spacial score (nSPS) is 21.5. The molecule has 0 radical (unpaired) electrons. The SMILES string of the molecule is CC[C@@]1(O)C(=O)CCc2c1cc1n(c2=O)Cc2cc3cc4c(cc3nc2-1)CCO4. The number of pyridine rings is 2. The first-order chi connectivity index (χ1) is 14.0. The van der Waals surface area contributed by atoms with E-state index in [-0.39, 0.29) is 24.2 Å². The number of aromatic nitrogens is 2. The Kier molecular flexibility index (Phi) is 3.23. The first-order valence-electron chi connectivity index (χ1n) is 10.1. The van der Waals surface area contributed by atoms with E-state index in [0.717, 1.165) is 39.9 Å². The second-order valence-corrected chi connectivity index (χ2v) is 8.20. The van der Waals surface area contributed by atoms with E-state index in [0.29, 0.717) is 36.4 Å². The molecule has 3 aliphatic rings. The average molecular weight is 388 g/mol. The van der Waals surface area contributed by atoms with E-state index in [1.54, 1.807) is 11.5 Å². The lowest BCUT2D eigenvalue weighted by Crippen LogP contribution is -2.43. The highest BCUT2D eigenvalue weighted by Crippen LogP contribution is 2.40. The summed E-state index contributed by atoms with van der Waals surface area (Å²) in [4.78, 5) is 30.6. The zero-order valence-electron chi connectivity index (χ0n) is 16.1. The van der Waals surface area contributed by atoms with Gasteiger partial charge in [0.1, 0.15) is 11.4 Å². The summed E-state index contributed by atoms with van der Waals surface area (Å²) < 4.78 is 7.40. The van der Waals surface area contributed by atoms with Crippen LogP contribution >= 0.6 is 0 Å². The molecule has 6 rings (SSSR count). The zero-order valence-corrected chi connectivity index (χ0v) is 16.1. The molecule has 0 amide bonds. The predicted octanol–water partition coefficient (Wildman–Crippen LogP) is 2.47.